The van der Waals surface area contributed by atoms with Gasteiger partial charge < -0.3 is 10.9 Å². The lowest BCUT2D eigenvalue weighted by Crippen LogP contribution is -2.04. The van der Waals surface area contributed by atoms with Gasteiger partial charge in [0.15, 0.2) is 5.82 Å². The Morgan fingerprint density at radius 3 is 2.63 bits per heavy atom. The smallest absolute Gasteiger partial charge is 0.339 e. The van der Waals surface area contributed by atoms with E-state index in [9.17, 15) is 19.3 Å². The predicted molar refractivity (Wildman–Crippen MR) is 108 cm³/mol. The van der Waals surface area contributed by atoms with Gasteiger partial charge in [-0.2, -0.15) is 0 Å². The number of nitrogens with two attached hydrogens (primary N) is 1. The molecule has 152 valence electrons. The Kier molecular flexibility index (Phi) is 5.68. The fraction of sp³-hybridized carbons (Fsp3) is 0.0500. The summed E-state index contributed by atoms with van der Waals surface area (Å²) in [5.74, 6) is 4.40. The molecule has 10 heteroatoms. The van der Waals surface area contributed by atoms with E-state index in [1.54, 1.807) is 37.4 Å². The summed E-state index contributed by atoms with van der Waals surface area (Å²) < 4.78 is 14.4. The predicted octanol–water partition coefficient (Wildman–Crippen LogP) is 3.55. The number of nitrogens with zero attached hydrogens (tertiary/aromatic N) is 4. The monoisotopic (exact) mass is 409 g/mol. The molecule has 2 heterocycles. The quantitative estimate of drug-likeness (QED) is 0.300. The van der Waals surface area contributed by atoms with Crippen molar-refractivity contribution in [3.8, 4) is 11.4 Å². The van der Waals surface area contributed by atoms with Crippen LogP contribution in [0.2, 0.25) is 0 Å². The number of benzene rings is 2. The van der Waals surface area contributed by atoms with E-state index >= 15 is 0 Å². The number of carboxylic acids is 1. The van der Waals surface area contributed by atoms with Crippen molar-refractivity contribution in [3.05, 3.63) is 88.1 Å². The molecule has 3 N–H and O–H groups in total. The van der Waals surface area contributed by atoms with Gasteiger partial charge in [0, 0.05) is 35.5 Å². The summed E-state index contributed by atoms with van der Waals surface area (Å²) in [6.07, 6.45) is 2.89. The van der Waals surface area contributed by atoms with E-state index in [2.05, 4.69) is 9.97 Å². The van der Waals surface area contributed by atoms with Crippen LogP contribution in [0.25, 0.3) is 22.3 Å². The molecule has 0 spiro atoms. The first-order chi connectivity index (χ1) is 14.3. The Labute approximate surface area is 169 Å². The van der Waals surface area contributed by atoms with Crippen molar-refractivity contribution in [2.75, 3.05) is 5.84 Å². The number of hydrogen-bond acceptors (Lipinski definition) is 6. The maximum atomic E-state index is 13.0. The average Bonchev–Trinajstić information content (AvgIpc) is 3.08. The van der Waals surface area contributed by atoms with Gasteiger partial charge >= 0.3 is 5.97 Å². The summed E-state index contributed by atoms with van der Waals surface area (Å²) in [5, 5.41) is 20.0. The van der Waals surface area contributed by atoms with E-state index in [1.165, 1.54) is 35.1 Å². The molecule has 0 bridgehead atoms. The first-order valence-corrected chi connectivity index (χ1v) is 8.59. The Hall–Kier alpha value is -4.34. The van der Waals surface area contributed by atoms with E-state index in [0.29, 0.717) is 17.1 Å². The number of nitro benzene ring substituents is 1. The molecule has 4 aromatic rings. The minimum absolute atomic E-state index is 0.0464. The first-order valence-electron chi connectivity index (χ1n) is 8.59. The number of aryl methyl sites for hydroxylation is 1. The molecule has 0 fully saturated rings. The molecule has 0 atom stereocenters. The number of non-ortho nitro benzene ring substituents is 1. The van der Waals surface area contributed by atoms with Crippen LogP contribution < -0.4 is 5.84 Å². The summed E-state index contributed by atoms with van der Waals surface area (Å²) in [6, 6.07) is 12.1. The van der Waals surface area contributed by atoms with Crippen LogP contribution in [0.4, 0.5) is 10.1 Å². The van der Waals surface area contributed by atoms with E-state index in [-0.39, 0.29) is 17.1 Å². The summed E-state index contributed by atoms with van der Waals surface area (Å²) in [7, 11) is 0. The maximum absolute atomic E-state index is 13.0. The molecular formula is C20H16FN5O4. The minimum Gasteiger partial charge on any atom is -0.478 e. The standard InChI is InChI=1S/C12H9FN2O2.C8H7N3O2/c1-7-10(12(16)17)6-14-11(15-7)8-3-2-4-9(13)5-8;9-10-4-3-6-5-7(11(12)13)1-2-8(6)10/h2-6H,1H3,(H,16,17);1-5H,9H2. The zero-order chi connectivity index (χ0) is 21.8. The number of aromatic carboxylic acids is 1. The zero-order valence-electron chi connectivity index (χ0n) is 15.7. The lowest BCUT2D eigenvalue weighted by Gasteiger charge is -2.03. The average molecular weight is 409 g/mol. The van der Waals surface area contributed by atoms with Gasteiger partial charge in [0.2, 0.25) is 0 Å². The molecule has 0 radical (unpaired) electrons. The number of carbonyl (C=O) groups is 1. The molecule has 30 heavy (non-hydrogen) atoms. The Balaban J connectivity index is 0.000000177. The lowest BCUT2D eigenvalue weighted by atomic mass is 10.2. The third-order valence-corrected chi connectivity index (χ3v) is 4.21. The molecule has 0 aliphatic heterocycles. The van der Waals surface area contributed by atoms with Crippen LogP contribution in [0.5, 0.6) is 0 Å². The largest absolute Gasteiger partial charge is 0.478 e. The second-order valence-corrected chi connectivity index (χ2v) is 6.23. The molecule has 4 rings (SSSR count). The molecule has 0 aliphatic carbocycles. The molecule has 0 amide bonds. The third-order valence-electron chi connectivity index (χ3n) is 4.21. The highest BCUT2D eigenvalue weighted by Gasteiger charge is 2.11. The van der Waals surface area contributed by atoms with Crippen molar-refractivity contribution in [1.29, 1.82) is 0 Å². The second-order valence-electron chi connectivity index (χ2n) is 6.23. The topological polar surface area (TPSA) is 137 Å². The number of aromatic nitrogens is 3. The summed E-state index contributed by atoms with van der Waals surface area (Å²) in [4.78, 5) is 28.7. The highest BCUT2D eigenvalue weighted by atomic mass is 19.1. The third kappa shape index (κ3) is 4.38. The number of carboxylic acid groups (broad SMARTS) is 1. The van der Waals surface area contributed by atoms with Gasteiger partial charge in [-0.15, -0.1) is 0 Å². The summed E-state index contributed by atoms with van der Waals surface area (Å²) in [5.41, 5.74) is 1.78. The summed E-state index contributed by atoms with van der Waals surface area (Å²) >= 11 is 0. The van der Waals surface area contributed by atoms with Gasteiger partial charge in [-0.05, 0) is 31.2 Å². The van der Waals surface area contributed by atoms with Gasteiger partial charge in [0.1, 0.15) is 5.82 Å². The lowest BCUT2D eigenvalue weighted by molar-refractivity contribution is -0.384. The van der Waals surface area contributed by atoms with Crippen LogP contribution in [0.1, 0.15) is 16.1 Å². The molecule has 9 nitrogen and oxygen atoms in total. The number of nitro groups is 1. The second kappa shape index (κ2) is 8.35. The van der Waals surface area contributed by atoms with Crippen molar-refractivity contribution in [3.63, 3.8) is 0 Å². The van der Waals surface area contributed by atoms with E-state index < -0.39 is 10.9 Å². The number of rotatable bonds is 3. The van der Waals surface area contributed by atoms with E-state index in [1.807, 2.05) is 0 Å². The molecule has 0 aliphatic rings. The van der Waals surface area contributed by atoms with Crippen molar-refractivity contribution < 1.29 is 19.2 Å². The van der Waals surface area contributed by atoms with Crippen LogP contribution in [0.15, 0.2) is 60.9 Å². The Morgan fingerprint density at radius 1 is 1.23 bits per heavy atom. The fourth-order valence-electron chi connectivity index (χ4n) is 2.71. The van der Waals surface area contributed by atoms with Gasteiger partial charge in [-0.25, -0.2) is 19.2 Å². The Morgan fingerprint density at radius 2 is 2.00 bits per heavy atom. The molecule has 0 unspecified atom stereocenters. The van der Waals surface area contributed by atoms with Gasteiger partial charge in [0.25, 0.3) is 5.69 Å². The SMILES string of the molecule is Cc1nc(-c2cccc(F)c2)ncc1C(=O)O.Nn1ccc2cc([N+](=O)[O-])ccc21. The highest BCUT2D eigenvalue weighted by molar-refractivity contribution is 5.88. The van der Waals surface area contributed by atoms with Gasteiger partial charge in [-0.3, -0.25) is 14.8 Å². The molecular weight excluding hydrogens is 393 g/mol. The molecule has 0 saturated carbocycles. The van der Waals surface area contributed by atoms with Crippen LogP contribution >= 0.6 is 0 Å². The van der Waals surface area contributed by atoms with Crippen molar-refractivity contribution in [1.82, 2.24) is 14.6 Å². The number of halogens is 1. The van der Waals surface area contributed by atoms with Crippen LogP contribution in [0.3, 0.4) is 0 Å². The first kappa shape index (κ1) is 20.4. The normalized spacial score (nSPS) is 10.3. The number of nitrogen functional groups attached to an aromatic ring is 1. The van der Waals surface area contributed by atoms with Crippen molar-refractivity contribution in [2.45, 2.75) is 6.92 Å². The van der Waals surface area contributed by atoms with Crippen LogP contribution in [-0.2, 0) is 0 Å². The van der Waals surface area contributed by atoms with Crippen molar-refractivity contribution >= 4 is 22.6 Å². The van der Waals surface area contributed by atoms with E-state index in [0.717, 1.165) is 10.9 Å². The van der Waals surface area contributed by atoms with Crippen LogP contribution in [0, 0.1) is 22.9 Å². The number of fused-ring (bicyclic) bond motifs is 1. The Bertz CT molecular complexity index is 1260. The highest BCUT2D eigenvalue weighted by Crippen LogP contribution is 2.20. The van der Waals surface area contributed by atoms with Gasteiger partial charge in [0.05, 0.1) is 21.7 Å². The van der Waals surface area contributed by atoms with E-state index in [4.69, 9.17) is 10.9 Å². The van der Waals surface area contributed by atoms with Crippen molar-refractivity contribution in [2.24, 2.45) is 0 Å². The minimum atomic E-state index is -1.08. The molecule has 0 saturated heterocycles. The maximum Gasteiger partial charge on any atom is 0.339 e. The van der Waals surface area contributed by atoms with Crippen LogP contribution in [-0.4, -0.2) is 30.6 Å². The zero-order valence-corrected chi connectivity index (χ0v) is 15.7. The molecule has 2 aromatic carbocycles. The van der Waals surface area contributed by atoms with Gasteiger partial charge in [-0.1, -0.05) is 12.1 Å². The summed E-state index contributed by atoms with van der Waals surface area (Å²) in [6.45, 7) is 1.58. The fourth-order valence-corrected chi connectivity index (χ4v) is 2.71. The molecule has 2 aromatic heterocycles. The number of hydrogen-bond donors (Lipinski definition) is 2.